The lowest BCUT2D eigenvalue weighted by Gasteiger charge is -2.45. The SMILES string of the molecule is C[C@H](O)[C@H](/C=C/[C@H]1COC(C)(C)O1)O[Si](c1ccccc1)(c1ccccc1)C(C)(C)C. The van der Waals surface area contributed by atoms with E-state index in [1.165, 1.54) is 10.4 Å². The standard InChI is InChI=1S/C26H36O4Si/c1-20(27)24(18-17-21-19-28-26(5,6)29-21)30-31(25(2,3)4,22-13-9-7-10-14-22)23-15-11-8-12-16-23/h7-18,20-21,24,27H,19H2,1-6H3/b18-17+/t20-,21-,24-/m0/s1. The highest BCUT2D eigenvalue weighted by Gasteiger charge is 2.51. The van der Waals surface area contributed by atoms with E-state index in [9.17, 15) is 5.11 Å². The van der Waals surface area contributed by atoms with Crippen LogP contribution in [0.15, 0.2) is 72.8 Å². The van der Waals surface area contributed by atoms with Crippen LogP contribution >= 0.6 is 0 Å². The van der Waals surface area contributed by atoms with Crippen LogP contribution in [0, 0.1) is 0 Å². The van der Waals surface area contributed by atoms with Crippen molar-refractivity contribution in [2.75, 3.05) is 6.61 Å². The van der Waals surface area contributed by atoms with E-state index in [0.717, 1.165) is 0 Å². The molecule has 2 aromatic rings. The summed E-state index contributed by atoms with van der Waals surface area (Å²) in [5.74, 6) is -0.589. The predicted octanol–water partition coefficient (Wildman–Crippen LogP) is 4.02. The van der Waals surface area contributed by atoms with Crippen molar-refractivity contribution in [2.24, 2.45) is 0 Å². The van der Waals surface area contributed by atoms with Crippen molar-refractivity contribution in [3.63, 3.8) is 0 Å². The number of hydrogen-bond donors (Lipinski definition) is 1. The van der Waals surface area contributed by atoms with Gasteiger partial charge in [0.15, 0.2) is 5.79 Å². The minimum Gasteiger partial charge on any atom is -0.398 e. The quantitative estimate of drug-likeness (QED) is 0.522. The Labute approximate surface area is 188 Å². The molecule has 0 spiro atoms. The topological polar surface area (TPSA) is 47.9 Å². The molecule has 168 valence electrons. The molecule has 5 heteroatoms. The summed E-state index contributed by atoms with van der Waals surface area (Å²) < 4.78 is 18.6. The third-order valence-electron chi connectivity index (χ3n) is 5.75. The maximum Gasteiger partial charge on any atom is 0.262 e. The van der Waals surface area contributed by atoms with Crippen molar-refractivity contribution in [3.8, 4) is 0 Å². The molecule has 0 aromatic heterocycles. The van der Waals surface area contributed by atoms with E-state index < -0.39 is 26.3 Å². The molecule has 2 aromatic carbocycles. The summed E-state index contributed by atoms with van der Waals surface area (Å²) in [5, 5.41) is 12.9. The molecule has 0 aliphatic carbocycles. The van der Waals surface area contributed by atoms with Gasteiger partial charge in [0.05, 0.1) is 18.8 Å². The lowest BCUT2D eigenvalue weighted by Crippen LogP contribution is -2.68. The van der Waals surface area contributed by atoms with Crippen molar-refractivity contribution in [1.82, 2.24) is 0 Å². The highest BCUT2D eigenvalue weighted by atomic mass is 28.4. The molecule has 1 aliphatic heterocycles. The van der Waals surface area contributed by atoms with Gasteiger partial charge in [-0.2, -0.15) is 0 Å². The molecule has 1 saturated heterocycles. The van der Waals surface area contributed by atoms with Gasteiger partial charge in [0.25, 0.3) is 8.32 Å². The fourth-order valence-electron chi connectivity index (χ4n) is 4.24. The molecule has 0 amide bonds. The number of benzene rings is 2. The zero-order valence-electron chi connectivity index (χ0n) is 19.5. The summed E-state index contributed by atoms with van der Waals surface area (Å²) in [6.45, 7) is 12.8. The average molecular weight is 441 g/mol. The van der Waals surface area contributed by atoms with Gasteiger partial charge >= 0.3 is 0 Å². The van der Waals surface area contributed by atoms with Crippen LogP contribution in [-0.2, 0) is 13.9 Å². The van der Waals surface area contributed by atoms with Gasteiger partial charge in [0, 0.05) is 0 Å². The second-order valence-corrected chi connectivity index (χ2v) is 14.0. The summed E-state index contributed by atoms with van der Waals surface area (Å²) in [6, 6.07) is 20.9. The van der Waals surface area contributed by atoms with Gasteiger partial charge in [-0.3, -0.25) is 0 Å². The molecule has 0 saturated carbocycles. The van der Waals surface area contributed by atoms with Crippen molar-refractivity contribution in [3.05, 3.63) is 72.8 Å². The average Bonchev–Trinajstić information content (AvgIpc) is 3.07. The van der Waals surface area contributed by atoms with Crippen LogP contribution < -0.4 is 10.4 Å². The van der Waals surface area contributed by atoms with E-state index in [0.29, 0.717) is 6.61 Å². The van der Waals surface area contributed by atoms with Crippen LogP contribution in [-0.4, -0.2) is 44.1 Å². The van der Waals surface area contributed by atoms with Crippen molar-refractivity contribution in [1.29, 1.82) is 0 Å². The first kappa shape index (κ1) is 23.9. The van der Waals surface area contributed by atoms with Crippen LogP contribution in [0.3, 0.4) is 0 Å². The minimum absolute atomic E-state index is 0.154. The lowest BCUT2D eigenvalue weighted by molar-refractivity contribution is -0.133. The summed E-state index contributed by atoms with van der Waals surface area (Å²) in [6.07, 6.45) is 2.61. The summed E-state index contributed by atoms with van der Waals surface area (Å²) in [5.41, 5.74) is 0. The van der Waals surface area contributed by atoms with Crippen LogP contribution in [0.5, 0.6) is 0 Å². The number of aliphatic hydroxyl groups is 1. The highest BCUT2D eigenvalue weighted by molar-refractivity contribution is 6.99. The first-order valence-electron chi connectivity index (χ1n) is 11.0. The molecule has 0 unspecified atom stereocenters. The molecule has 1 N–H and O–H groups in total. The zero-order valence-corrected chi connectivity index (χ0v) is 20.5. The van der Waals surface area contributed by atoms with Gasteiger partial charge in [-0.1, -0.05) is 93.6 Å². The zero-order chi connectivity index (χ0) is 22.7. The number of rotatable bonds is 7. The van der Waals surface area contributed by atoms with E-state index in [2.05, 4.69) is 69.3 Å². The smallest absolute Gasteiger partial charge is 0.262 e. The first-order valence-corrected chi connectivity index (χ1v) is 12.9. The monoisotopic (exact) mass is 440 g/mol. The molecule has 4 nitrogen and oxygen atoms in total. The maximum absolute atomic E-state index is 10.7. The van der Waals surface area contributed by atoms with Gasteiger partial charge in [-0.15, -0.1) is 0 Å². The van der Waals surface area contributed by atoms with Gasteiger partial charge in [-0.25, -0.2) is 0 Å². The van der Waals surface area contributed by atoms with Crippen molar-refractivity contribution >= 4 is 18.7 Å². The lowest BCUT2D eigenvalue weighted by atomic mass is 10.2. The molecule has 1 fully saturated rings. The Kier molecular flexibility index (Phi) is 7.23. The maximum atomic E-state index is 10.7. The van der Waals surface area contributed by atoms with E-state index in [-0.39, 0.29) is 11.1 Å². The molecule has 31 heavy (non-hydrogen) atoms. The molecule has 1 heterocycles. The molecule has 1 aliphatic rings. The number of ether oxygens (including phenoxy) is 2. The summed E-state index contributed by atoms with van der Waals surface area (Å²) in [4.78, 5) is 0. The fraction of sp³-hybridized carbons (Fsp3) is 0.462. The van der Waals surface area contributed by atoms with Crippen LogP contribution in [0.2, 0.25) is 5.04 Å². The molecule has 0 bridgehead atoms. The molecule has 3 atom stereocenters. The molecule has 0 radical (unpaired) electrons. The number of aliphatic hydroxyl groups excluding tert-OH is 1. The van der Waals surface area contributed by atoms with E-state index in [1.807, 2.05) is 38.1 Å². The minimum atomic E-state index is -2.76. The Morgan fingerprint density at radius 3 is 1.94 bits per heavy atom. The van der Waals surface area contributed by atoms with Gasteiger partial charge in [-0.05, 0) is 36.2 Å². The third-order valence-corrected chi connectivity index (χ3v) is 10.8. The predicted molar refractivity (Wildman–Crippen MR) is 128 cm³/mol. The second-order valence-electron chi connectivity index (χ2n) is 9.74. The Hall–Kier alpha value is -1.76. The normalized spacial score (nSPS) is 21.3. The largest absolute Gasteiger partial charge is 0.398 e. The second kappa shape index (κ2) is 9.39. The molecule has 3 rings (SSSR count). The molecular formula is C26H36O4Si. The first-order chi connectivity index (χ1) is 14.6. The van der Waals surface area contributed by atoms with Gasteiger partial charge in [0.1, 0.15) is 6.10 Å². The van der Waals surface area contributed by atoms with Crippen LogP contribution in [0.1, 0.15) is 41.5 Å². The Morgan fingerprint density at radius 1 is 1.03 bits per heavy atom. The Balaban J connectivity index is 2.04. The molecular weight excluding hydrogens is 404 g/mol. The Morgan fingerprint density at radius 2 is 1.55 bits per heavy atom. The summed E-state index contributed by atoms with van der Waals surface area (Å²) >= 11 is 0. The third kappa shape index (κ3) is 5.36. The van der Waals surface area contributed by atoms with Crippen LogP contribution in [0.25, 0.3) is 0 Å². The Bertz CT molecular complexity index is 816. The van der Waals surface area contributed by atoms with Crippen LogP contribution in [0.4, 0.5) is 0 Å². The number of hydrogen-bond acceptors (Lipinski definition) is 4. The van der Waals surface area contributed by atoms with E-state index in [4.69, 9.17) is 13.9 Å². The van der Waals surface area contributed by atoms with Gasteiger partial charge < -0.3 is 19.0 Å². The van der Waals surface area contributed by atoms with Crippen molar-refractivity contribution in [2.45, 2.75) is 70.7 Å². The fourth-order valence-corrected chi connectivity index (χ4v) is 8.94. The van der Waals surface area contributed by atoms with E-state index in [1.54, 1.807) is 6.92 Å². The van der Waals surface area contributed by atoms with Crippen molar-refractivity contribution < 1.29 is 19.0 Å². The summed E-state index contributed by atoms with van der Waals surface area (Å²) in [7, 11) is -2.76. The van der Waals surface area contributed by atoms with Gasteiger partial charge in [0.2, 0.25) is 0 Å². The highest BCUT2D eigenvalue weighted by Crippen LogP contribution is 2.38. The van der Waals surface area contributed by atoms with E-state index >= 15 is 0 Å².